The topological polar surface area (TPSA) is 51.2 Å². The molecule has 1 amide bonds. The van der Waals surface area contributed by atoms with Gasteiger partial charge in [-0.05, 0) is 42.9 Å². The molecule has 0 radical (unpaired) electrons. The average Bonchev–Trinajstić information content (AvgIpc) is 2.52. The lowest BCUT2D eigenvalue weighted by atomic mass is 9.77. The van der Waals surface area contributed by atoms with Crippen LogP contribution in [0, 0.1) is 0 Å². The zero-order valence-corrected chi connectivity index (χ0v) is 13.0. The number of nitrogens with zero attached hydrogens (tertiary/aromatic N) is 1. The number of carbonyl (C=O) groups is 1. The van der Waals surface area contributed by atoms with Crippen molar-refractivity contribution in [1.29, 1.82) is 0 Å². The normalized spacial score (nSPS) is 19.2. The van der Waals surface area contributed by atoms with Crippen LogP contribution in [0.15, 0.2) is 42.6 Å². The number of benzene rings is 1. The molecule has 2 aromatic rings. The minimum Gasteiger partial charge on any atom is -0.474 e. The fourth-order valence-electron chi connectivity index (χ4n) is 3.14. The van der Waals surface area contributed by atoms with Gasteiger partial charge in [0.05, 0.1) is 0 Å². The number of hydrogen-bond donors (Lipinski definition) is 1. The van der Waals surface area contributed by atoms with Crippen LogP contribution >= 0.6 is 0 Å². The first-order valence-corrected chi connectivity index (χ1v) is 8.28. The molecule has 23 heavy (non-hydrogen) atoms. The van der Waals surface area contributed by atoms with Crippen molar-refractivity contribution in [2.75, 3.05) is 6.54 Å². The highest BCUT2D eigenvalue weighted by molar-refractivity contribution is 5.94. The average molecular weight is 308 g/mol. The van der Waals surface area contributed by atoms with Crippen molar-refractivity contribution >= 4 is 5.91 Å². The molecule has 1 aromatic carbocycles. The van der Waals surface area contributed by atoms with Gasteiger partial charge in [-0.3, -0.25) is 4.79 Å². The Morgan fingerprint density at radius 2 is 2.13 bits per heavy atom. The fourth-order valence-corrected chi connectivity index (χ4v) is 3.14. The minimum atomic E-state index is -0.0600. The van der Waals surface area contributed by atoms with E-state index in [0.717, 1.165) is 19.3 Å². The summed E-state index contributed by atoms with van der Waals surface area (Å²) in [7, 11) is 0. The summed E-state index contributed by atoms with van der Waals surface area (Å²) in [5.74, 6) is 0.925. The Labute approximate surface area is 135 Å². The molecule has 4 heteroatoms. The van der Waals surface area contributed by atoms with Crippen molar-refractivity contribution in [2.24, 2.45) is 0 Å². The van der Waals surface area contributed by atoms with E-state index in [4.69, 9.17) is 4.74 Å². The third-order valence-corrected chi connectivity index (χ3v) is 4.81. The quantitative estimate of drug-likeness (QED) is 0.923. The molecule has 1 fully saturated rings. The second-order valence-electron chi connectivity index (χ2n) is 6.36. The first-order chi connectivity index (χ1) is 11.3. The molecule has 118 valence electrons. The van der Waals surface area contributed by atoms with E-state index in [2.05, 4.69) is 34.6 Å². The predicted molar refractivity (Wildman–Crippen MR) is 87.7 cm³/mol. The zero-order valence-electron chi connectivity index (χ0n) is 13.0. The lowest BCUT2D eigenvalue weighted by Gasteiger charge is -2.30. The molecule has 1 N–H and O–H groups in total. The van der Waals surface area contributed by atoms with Crippen LogP contribution in [0.3, 0.4) is 0 Å². The summed E-state index contributed by atoms with van der Waals surface area (Å²) in [6, 6.07) is 11.9. The van der Waals surface area contributed by atoms with E-state index in [-0.39, 0.29) is 12.0 Å². The number of pyridine rings is 1. The number of fused-ring (bicyclic) bond motifs is 1. The fraction of sp³-hybridized carbons (Fsp3) is 0.368. The van der Waals surface area contributed by atoms with Crippen LogP contribution in [-0.2, 0) is 6.42 Å². The number of carbonyl (C=O) groups excluding carboxylic acids is 1. The molecule has 1 aromatic heterocycles. The van der Waals surface area contributed by atoms with Crippen LogP contribution in [0.4, 0.5) is 0 Å². The first-order valence-electron chi connectivity index (χ1n) is 8.28. The number of ether oxygens (including phenoxy) is 1. The highest BCUT2D eigenvalue weighted by Crippen LogP contribution is 2.34. The number of nitrogens with one attached hydrogen (secondary N) is 1. The lowest BCUT2D eigenvalue weighted by Crippen LogP contribution is -2.33. The third kappa shape index (κ3) is 2.93. The summed E-state index contributed by atoms with van der Waals surface area (Å²) in [4.78, 5) is 16.5. The van der Waals surface area contributed by atoms with Crippen molar-refractivity contribution in [3.8, 4) is 5.88 Å². The second-order valence-corrected chi connectivity index (χ2v) is 6.36. The molecule has 0 saturated heterocycles. The van der Waals surface area contributed by atoms with Crippen LogP contribution in [0.1, 0.15) is 46.7 Å². The van der Waals surface area contributed by atoms with Crippen molar-refractivity contribution in [3.63, 3.8) is 0 Å². The van der Waals surface area contributed by atoms with Gasteiger partial charge in [0.2, 0.25) is 5.88 Å². The molecule has 1 atom stereocenters. The molecule has 4 nitrogen and oxygen atoms in total. The molecule has 0 aliphatic heterocycles. The van der Waals surface area contributed by atoms with Crippen molar-refractivity contribution in [1.82, 2.24) is 10.3 Å². The zero-order chi connectivity index (χ0) is 15.6. The van der Waals surface area contributed by atoms with Gasteiger partial charge in [0, 0.05) is 30.3 Å². The summed E-state index contributed by atoms with van der Waals surface area (Å²) >= 11 is 0. The summed E-state index contributed by atoms with van der Waals surface area (Å²) in [5.41, 5.74) is 3.37. The largest absolute Gasteiger partial charge is 0.474 e. The first kappa shape index (κ1) is 14.2. The highest BCUT2D eigenvalue weighted by Gasteiger charge is 2.25. The Morgan fingerprint density at radius 3 is 2.91 bits per heavy atom. The van der Waals surface area contributed by atoms with E-state index in [1.54, 1.807) is 18.3 Å². The van der Waals surface area contributed by atoms with E-state index in [1.807, 2.05) is 0 Å². The standard InChI is InChI=1S/C19H20N2O2/c22-19(21-12-15-10-13-4-1-2-7-17(13)15)14-8-9-20-18(11-14)23-16-5-3-6-16/h1-2,4,7-9,11,15-16H,3,5-6,10,12H2,(H,21,22). The van der Waals surface area contributed by atoms with Crippen LogP contribution in [0.2, 0.25) is 0 Å². The molecular formula is C19H20N2O2. The van der Waals surface area contributed by atoms with Gasteiger partial charge in [0.25, 0.3) is 5.91 Å². The van der Waals surface area contributed by atoms with Gasteiger partial charge >= 0.3 is 0 Å². The number of amides is 1. The molecule has 1 saturated carbocycles. The number of hydrogen-bond acceptors (Lipinski definition) is 3. The molecule has 0 spiro atoms. The Morgan fingerprint density at radius 1 is 1.26 bits per heavy atom. The van der Waals surface area contributed by atoms with Gasteiger partial charge < -0.3 is 10.1 Å². The van der Waals surface area contributed by atoms with Crippen molar-refractivity contribution in [2.45, 2.75) is 37.7 Å². The molecule has 2 aliphatic carbocycles. The SMILES string of the molecule is O=C(NCC1Cc2ccccc21)c1ccnc(OC2CCC2)c1. The van der Waals surface area contributed by atoms with Crippen LogP contribution < -0.4 is 10.1 Å². The van der Waals surface area contributed by atoms with Gasteiger partial charge in [-0.25, -0.2) is 4.98 Å². The van der Waals surface area contributed by atoms with Crippen LogP contribution in [0.25, 0.3) is 0 Å². The van der Waals surface area contributed by atoms with Gasteiger partial charge in [-0.2, -0.15) is 0 Å². The predicted octanol–water partition coefficient (Wildman–Crippen LogP) is 3.08. The number of rotatable bonds is 5. The molecule has 4 rings (SSSR count). The molecule has 2 aliphatic rings. The lowest BCUT2D eigenvalue weighted by molar-refractivity contribution is 0.0945. The second kappa shape index (κ2) is 6.03. The Balaban J connectivity index is 1.35. The summed E-state index contributed by atoms with van der Waals surface area (Å²) in [6.07, 6.45) is 6.34. The molecule has 1 unspecified atom stereocenters. The highest BCUT2D eigenvalue weighted by atomic mass is 16.5. The van der Waals surface area contributed by atoms with E-state index in [1.165, 1.54) is 17.5 Å². The summed E-state index contributed by atoms with van der Waals surface area (Å²) in [6.45, 7) is 0.678. The maximum absolute atomic E-state index is 12.3. The molecule has 1 heterocycles. The maximum atomic E-state index is 12.3. The van der Waals surface area contributed by atoms with E-state index >= 15 is 0 Å². The van der Waals surface area contributed by atoms with Gasteiger partial charge in [0.15, 0.2) is 0 Å². The van der Waals surface area contributed by atoms with E-state index < -0.39 is 0 Å². The molecule has 0 bridgehead atoms. The molecular weight excluding hydrogens is 288 g/mol. The summed E-state index contributed by atoms with van der Waals surface area (Å²) in [5, 5.41) is 3.03. The van der Waals surface area contributed by atoms with Crippen LogP contribution in [0.5, 0.6) is 5.88 Å². The summed E-state index contributed by atoms with van der Waals surface area (Å²) < 4.78 is 5.75. The van der Waals surface area contributed by atoms with E-state index in [0.29, 0.717) is 23.9 Å². The van der Waals surface area contributed by atoms with Crippen molar-refractivity contribution in [3.05, 3.63) is 59.3 Å². The van der Waals surface area contributed by atoms with Gasteiger partial charge in [0.1, 0.15) is 6.10 Å². The van der Waals surface area contributed by atoms with Gasteiger partial charge in [-0.1, -0.05) is 24.3 Å². The monoisotopic (exact) mass is 308 g/mol. The number of aromatic nitrogens is 1. The Bertz CT molecular complexity index is 725. The Kier molecular flexibility index (Phi) is 3.74. The van der Waals surface area contributed by atoms with Gasteiger partial charge in [-0.15, -0.1) is 0 Å². The van der Waals surface area contributed by atoms with E-state index in [9.17, 15) is 4.79 Å². The maximum Gasteiger partial charge on any atom is 0.251 e. The smallest absolute Gasteiger partial charge is 0.251 e. The van der Waals surface area contributed by atoms with Crippen LogP contribution in [-0.4, -0.2) is 23.5 Å². The van der Waals surface area contributed by atoms with Crippen molar-refractivity contribution < 1.29 is 9.53 Å². The third-order valence-electron chi connectivity index (χ3n) is 4.81. The Hall–Kier alpha value is -2.36. The minimum absolute atomic E-state index is 0.0600.